The lowest BCUT2D eigenvalue weighted by molar-refractivity contribution is -0.132. The molecule has 6 rings (SSSR count). The van der Waals surface area contributed by atoms with Gasteiger partial charge in [0.2, 0.25) is 0 Å². The Bertz CT molecular complexity index is 1820. The van der Waals surface area contributed by atoms with Crippen LogP contribution in [-0.2, 0) is 11.2 Å². The van der Waals surface area contributed by atoms with Crippen LogP contribution in [0.15, 0.2) is 82.1 Å². The largest absolute Gasteiger partial charge is 0.490 e. The van der Waals surface area contributed by atoms with Crippen LogP contribution in [0, 0.1) is 5.82 Å². The Morgan fingerprint density at radius 3 is 2.67 bits per heavy atom. The van der Waals surface area contributed by atoms with E-state index in [2.05, 4.69) is 12.1 Å². The highest BCUT2D eigenvalue weighted by atomic mass is 32.1. The van der Waals surface area contributed by atoms with Crippen LogP contribution in [-0.4, -0.2) is 17.1 Å². The molecule has 2 heterocycles. The standard InChI is InChI=1S/C31H25FN2O4S/c1-3-37-26-16-19(8-15-25(26)38-18(2)35)17-27-30(36)34-29(21-9-12-22(32)13-10-21)24-14-11-20-6-4-5-7-23(20)28(24)33-31(34)39-27/h4-10,12-13,15-17,29H,3,11,14H2,1-2H3/b27-17+/t29-/m1/s1. The average Bonchev–Trinajstić information content (AvgIpc) is 3.23. The first kappa shape index (κ1) is 25.0. The average molecular weight is 541 g/mol. The van der Waals surface area contributed by atoms with Crippen molar-refractivity contribution in [3.63, 3.8) is 0 Å². The predicted octanol–water partition coefficient (Wildman–Crippen LogP) is 4.78. The molecule has 0 unspecified atom stereocenters. The van der Waals surface area contributed by atoms with Gasteiger partial charge >= 0.3 is 5.97 Å². The van der Waals surface area contributed by atoms with Gasteiger partial charge in [-0.25, -0.2) is 9.38 Å². The van der Waals surface area contributed by atoms with Crippen molar-refractivity contribution >= 4 is 29.1 Å². The zero-order chi connectivity index (χ0) is 27.1. The summed E-state index contributed by atoms with van der Waals surface area (Å²) in [7, 11) is 0. The minimum atomic E-state index is -0.441. The van der Waals surface area contributed by atoms with E-state index in [1.807, 2.05) is 19.1 Å². The summed E-state index contributed by atoms with van der Waals surface area (Å²) < 4.78 is 27.0. The molecule has 39 heavy (non-hydrogen) atoms. The number of fused-ring (bicyclic) bond motifs is 3. The fourth-order valence-electron chi connectivity index (χ4n) is 5.24. The highest BCUT2D eigenvalue weighted by Gasteiger charge is 2.32. The smallest absolute Gasteiger partial charge is 0.308 e. The number of nitrogens with zero attached hydrogens (tertiary/aromatic N) is 2. The number of aryl methyl sites for hydroxylation is 1. The second-order valence-corrected chi connectivity index (χ2v) is 10.4. The maximum Gasteiger partial charge on any atom is 0.308 e. The van der Waals surface area contributed by atoms with Gasteiger partial charge in [-0.05, 0) is 72.4 Å². The van der Waals surface area contributed by atoms with Gasteiger partial charge < -0.3 is 9.47 Å². The van der Waals surface area contributed by atoms with E-state index in [1.54, 1.807) is 41.0 Å². The molecule has 4 aromatic rings. The molecule has 0 N–H and O–H groups in total. The van der Waals surface area contributed by atoms with Crippen LogP contribution >= 0.6 is 11.3 Å². The number of rotatable bonds is 5. The monoisotopic (exact) mass is 540 g/mol. The number of carbonyl (C=O) groups excluding carboxylic acids is 1. The lowest BCUT2D eigenvalue weighted by Crippen LogP contribution is -2.38. The maximum atomic E-state index is 13.9. The summed E-state index contributed by atoms with van der Waals surface area (Å²) in [5.74, 6) is -0.0175. The summed E-state index contributed by atoms with van der Waals surface area (Å²) in [5.41, 5.74) is 5.66. The second kappa shape index (κ2) is 10.1. The molecular formula is C31H25FN2O4S. The van der Waals surface area contributed by atoms with Gasteiger partial charge in [-0.15, -0.1) is 0 Å². The van der Waals surface area contributed by atoms with E-state index in [-0.39, 0.29) is 17.4 Å². The van der Waals surface area contributed by atoms with Crippen LogP contribution in [0.5, 0.6) is 11.5 Å². The number of halogens is 1. The van der Waals surface area contributed by atoms with Crippen LogP contribution in [0.2, 0.25) is 0 Å². The molecule has 1 aliphatic carbocycles. The summed E-state index contributed by atoms with van der Waals surface area (Å²) in [4.78, 5) is 31.0. The molecule has 0 fully saturated rings. The topological polar surface area (TPSA) is 69.9 Å². The third-order valence-electron chi connectivity index (χ3n) is 6.88. The summed E-state index contributed by atoms with van der Waals surface area (Å²) >= 11 is 1.32. The van der Waals surface area contributed by atoms with Gasteiger partial charge in [0.1, 0.15) is 5.82 Å². The Morgan fingerprint density at radius 2 is 1.90 bits per heavy atom. The molecule has 2 aliphatic rings. The van der Waals surface area contributed by atoms with Gasteiger partial charge in [0.25, 0.3) is 5.56 Å². The molecule has 8 heteroatoms. The van der Waals surface area contributed by atoms with Gasteiger partial charge in [-0.1, -0.05) is 53.8 Å². The van der Waals surface area contributed by atoms with Crippen molar-refractivity contribution in [1.82, 2.24) is 4.57 Å². The minimum Gasteiger partial charge on any atom is -0.490 e. The van der Waals surface area contributed by atoms with Crippen LogP contribution in [0.3, 0.4) is 0 Å². The van der Waals surface area contributed by atoms with Gasteiger partial charge in [0, 0.05) is 12.5 Å². The van der Waals surface area contributed by atoms with Gasteiger partial charge in [-0.2, -0.15) is 0 Å². The lowest BCUT2D eigenvalue weighted by atomic mass is 9.83. The summed E-state index contributed by atoms with van der Waals surface area (Å²) in [5, 5.41) is 0. The Kier molecular flexibility index (Phi) is 6.48. The molecule has 0 saturated heterocycles. The summed E-state index contributed by atoms with van der Waals surface area (Å²) in [6.07, 6.45) is 3.40. The zero-order valence-electron chi connectivity index (χ0n) is 21.4. The first-order valence-electron chi connectivity index (χ1n) is 12.8. The van der Waals surface area contributed by atoms with Crippen LogP contribution in [0.1, 0.15) is 48.6 Å². The number of thiazole rings is 1. The molecule has 196 valence electrons. The Morgan fingerprint density at radius 1 is 1.10 bits per heavy atom. The van der Waals surface area contributed by atoms with Gasteiger partial charge in [0.05, 0.1) is 22.9 Å². The summed E-state index contributed by atoms with van der Waals surface area (Å²) in [6, 6.07) is 19.4. The first-order chi connectivity index (χ1) is 18.9. The van der Waals surface area contributed by atoms with Crippen LogP contribution < -0.4 is 24.4 Å². The fraction of sp³-hybridized carbons (Fsp3) is 0.194. The zero-order valence-corrected chi connectivity index (χ0v) is 22.3. The lowest BCUT2D eigenvalue weighted by Gasteiger charge is -2.30. The van der Waals surface area contributed by atoms with E-state index in [9.17, 15) is 14.0 Å². The van der Waals surface area contributed by atoms with Crippen LogP contribution in [0.4, 0.5) is 4.39 Å². The number of hydrogen-bond acceptors (Lipinski definition) is 6. The normalized spacial score (nSPS) is 16.2. The molecule has 1 aliphatic heterocycles. The number of carbonyl (C=O) groups is 1. The number of benzene rings is 3. The van der Waals surface area contributed by atoms with Crippen molar-refractivity contribution in [1.29, 1.82) is 0 Å². The van der Waals surface area contributed by atoms with Crippen molar-refractivity contribution in [2.75, 3.05) is 6.61 Å². The number of esters is 1. The number of ether oxygens (including phenoxy) is 2. The molecule has 1 aromatic heterocycles. The first-order valence-corrected chi connectivity index (χ1v) is 13.6. The molecule has 1 atom stereocenters. The quantitative estimate of drug-likeness (QED) is 0.270. The highest BCUT2D eigenvalue weighted by molar-refractivity contribution is 7.07. The van der Waals surface area contributed by atoms with E-state index in [4.69, 9.17) is 14.5 Å². The van der Waals surface area contributed by atoms with Crippen molar-refractivity contribution in [2.45, 2.75) is 32.7 Å². The molecule has 3 aromatic carbocycles. The predicted molar refractivity (Wildman–Crippen MR) is 148 cm³/mol. The van der Waals surface area contributed by atoms with E-state index in [1.165, 1.54) is 36.0 Å². The van der Waals surface area contributed by atoms with Gasteiger partial charge in [-0.3, -0.25) is 14.2 Å². The van der Waals surface area contributed by atoms with Crippen LogP contribution in [0.25, 0.3) is 11.8 Å². The molecule has 0 spiro atoms. The minimum absolute atomic E-state index is 0.166. The highest BCUT2D eigenvalue weighted by Crippen LogP contribution is 2.41. The van der Waals surface area contributed by atoms with E-state index in [0.29, 0.717) is 27.4 Å². The molecule has 0 amide bonds. The van der Waals surface area contributed by atoms with E-state index < -0.39 is 5.97 Å². The molecule has 0 bridgehead atoms. The van der Waals surface area contributed by atoms with E-state index in [0.717, 1.165) is 40.8 Å². The Balaban J connectivity index is 1.54. The Hall–Kier alpha value is -4.30. The third-order valence-corrected chi connectivity index (χ3v) is 7.86. The fourth-order valence-corrected chi connectivity index (χ4v) is 6.24. The summed E-state index contributed by atoms with van der Waals surface area (Å²) in [6.45, 7) is 3.57. The number of aromatic nitrogens is 1. The number of allylic oxidation sites excluding steroid dienone is 1. The van der Waals surface area contributed by atoms with Crippen molar-refractivity contribution in [3.05, 3.63) is 120 Å². The van der Waals surface area contributed by atoms with Gasteiger partial charge in [0.15, 0.2) is 16.3 Å². The number of hydrogen-bond donors (Lipinski definition) is 0. The second-order valence-electron chi connectivity index (χ2n) is 9.40. The third kappa shape index (κ3) is 4.61. The van der Waals surface area contributed by atoms with Crippen molar-refractivity contribution < 1.29 is 18.7 Å². The molecule has 6 nitrogen and oxygen atoms in total. The molecule has 0 saturated carbocycles. The Labute approximate surface area is 228 Å². The van der Waals surface area contributed by atoms with E-state index >= 15 is 0 Å². The maximum absolute atomic E-state index is 13.9. The SMILES string of the molecule is CCOc1cc(/C=c2/sc3n(c2=O)[C@H](c2ccc(F)cc2)C2=C(N=3)c3ccccc3CC2)ccc1OC(C)=O. The van der Waals surface area contributed by atoms with Crippen molar-refractivity contribution in [3.8, 4) is 11.5 Å². The molecule has 0 radical (unpaired) electrons. The van der Waals surface area contributed by atoms with Crippen molar-refractivity contribution in [2.24, 2.45) is 4.99 Å². The molecular weight excluding hydrogens is 515 g/mol.